The van der Waals surface area contributed by atoms with Gasteiger partial charge in [0.05, 0.1) is 17.2 Å². The Hall–Kier alpha value is -0.750. The molecular weight excluding hydrogens is 307 g/mol. The van der Waals surface area contributed by atoms with Gasteiger partial charge in [0.25, 0.3) is 6.43 Å². The third-order valence-corrected chi connectivity index (χ3v) is 2.72. The van der Waals surface area contributed by atoms with Crippen molar-refractivity contribution in [3.8, 4) is 0 Å². The summed E-state index contributed by atoms with van der Waals surface area (Å²) in [6, 6.07) is 0. The van der Waals surface area contributed by atoms with Gasteiger partial charge in [0, 0.05) is 6.20 Å². The average Bonchev–Trinajstić information content (AvgIpc) is 2.17. The third-order valence-electron chi connectivity index (χ3n) is 1.71. The van der Waals surface area contributed by atoms with Gasteiger partial charge in [-0.25, -0.2) is 18.6 Å². The van der Waals surface area contributed by atoms with Gasteiger partial charge in [-0.15, -0.1) is 0 Å². The number of alkyl halides is 2. The van der Waals surface area contributed by atoms with E-state index in [2.05, 4.69) is 25.7 Å². The van der Waals surface area contributed by atoms with E-state index >= 15 is 0 Å². The van der Waals surface area contributed by atoms with Crippen LogP contribution in [-0.4, -0.2) is 17.6 Å². The molecule has 0 atom stereocenters. The highest BCUT2D eigenvalue weighted by molar-refractivity contribution is 9.10. The summed E-state index contributed by atoms with van der Waals surface area (Å²) >= 11 is 8.65. The van der Waals surface area contributed by atoms with Crippen molar-refractivity contribution in [3.05, 3.63) is 26.9 Å². The predicted octanol–water partition coefficient (Wildman–Crippen LogP) is 3.61. The van der Waals surface area contributed by atoms with E-state index in [-0.39, 0.29) is 21.8 Å². The monoisotopic (exact) mass is 313 g/mol. The van der Waals surface area contributed by atoms with Gasteiger partial charge in [-0.05, 0) is 22.9 Å². The molecule has 0 saturated carbocycles. The maximum absolute atomic E-state index is 12.5. The van der Waals surface area contributed by atoms with Crippen LogP contribution in [0.15, 0.2) is 10.8 Å². The van der Waals surface area contributed by atoms with E-state index in [0.29, 0.717) is 0 Å². The molecule has 0 fully saturated rings. The van der Waals surface area contributed by atoms with E-state index in [4.69, 9.17) is 11.6 Å². The molecule has 88 valence electrons. The Labute approximate surface area is 104 Å². The molecule has 0 aromatic carbocycles. The van der Waals surface area contributed by atoms with E-state index in [9.17, 15) is 13.6 Å². The summed E-state index contributed by atoms with van der Waals surface area (Å²) in [6.45, 7) is 1.73. The zero-order chi connectivity index (χ0) is 12.3. The fourth-order valence-corrected chi connectivity index (χ4v) is 1.89. The van der Waals surface area contributed by atoms with Gasteiger partial charge in [0.1, 0.15) is 10.2 Å². The van der Waals surface area contributed by atoms with Crippen molar-refractivity contribution in [2.75, 3.05) is 6.61 Å². The standard InChI is InChI=1S/C9H7BrClF2NO2/c1-2-16-9(15)5-6(11)4(8(12)13)3-14-7(5)10/h3,8H,2H2,1H3. The molecule has 1 rings (SSSR count). The van der Waals surface area contributed by atoms with Crippen LogP contribution in [0.2, 0.25) is 5.02 Å². The Morgan fingerprint density at radius 1 is 1.69 bits per heavy atom. The Bertz CT molecular complexity index is 415. The predicted molar refractivity (Wildman–Crippen MR) is 57.9 cm³/mol. The van der Waals surface area contributed by atoms with Gasteiger partial charge in [-0.3, -0.25) is 0 Å². The number of hydrogen-bond acceptors (Lipinski definition) is 3. The van der Waals surface area contributed by atoms with Crippen molar-refractivity contribution < 1.29 is 18.3 Å². The number of ether oxygens (including phenoxy) is 1. The van der Waals surface area contributed by atoms with E-state index in [0.717, 1.165) is 6.20 Å². The highest BCUT2D eigenvalue weighted by Gasteiger charge is 2.23. The first-order valence-corrected chi connectivity index (χ1v) is 5.45. The minimum atomic E-state index is -2.79. The fraction of sp³-hybridized carbons (Fsp3) is 0.333. The Kier molecular flexibility index (Phi) is 4.61. The van der Waals surface area contributed by atoms with Crippen LogP contribution in [0.3, 0.4) is 0 Å². The van der Waals surface area contributed by atoms with Gasteiger partial charge in [-0.1, -0.05) is 11.6 Å². The molecule has 7 heteroatoms. The molecule has 0 spiro atoms. The van der Waals surface area contributed by atoms with Crippen molar-refractivity contribution in [1.82, 2.24) is 4.98 Å². The van der Waals surface area contributed by atoms with Crippen molar-refractivity contribution in [2.24, 2.45) is 0 Å². The normalized spacial score (nSPS) is 10.6. The van der Waals surface area contributed by atoms with Gasteiger partial charge >= 0.3 is 5.97 Å². The lowest BCUT2D eigenvalue weighted by Gasteiger charge is -2.09. The zero-order valence-corrected chi connectivity index (χ0v) is 10.5. The first-order valence-electron chi connectivity index (χ1n) is 4.28. The van der Waals surface area contributed by atoms with Crippen LogP contribution in [0, 0.1) is 0 Å². The van der Waals surface area contributed by atoms with Crippen LogP contribution in [0.4, 0.5) is 8.78 Å². The summed E-state index contributed by atoms with van der Waals surface area (Å²) < 4.78 is 29.8. The van der Waals surface area contributed by atoms with Crippen molar-refractivity contribution in [2.45, 2.75) is 13.3 Å². The number of carbonyl (C=O) groups excluding carboxylic acids is 1. The molecule has 3 nitrogen and oxygen atoms in total. The quantitative estimate of drug-likeness (QED) is 0.632. The zero-order valence-electron chi connectivity index (χ0n) is 8.14. The smallest absolute Gasteiger partial charge is 0.342 e. The molecule has 0 unspecified atom stereocenters. The number of carbonyl (C=O) groups is 1. The lowest BCUT2D eigenvalue weighted by molar-refractivity contribution is 0.0524. The maximum atomic E-state index is 12.5. The van der Waals surface area contributed by atoms with E-state index < -0.39 is 18.0 Å². The Morgan fingerprint density at radius 2 is 2.31 bits per heavy atom. The van der Waals surface area contributed by atoms with Crippen LogP contribution >= 0.6 is 27.5 Å². The SMILES string of the molecule is CCOC(=O)c1c(Br)ncc(C(F)F)c1Cl. The van der Waals surface area contributed by atoms with Crippen LogP contribution in [-0.2, 0) is 4.74 Å². The third kappa shape index (κ3) is 2.68. The Balaban J connectivity index is 3.26. The molecule has 0 N–H and O–H groups in total. The second-order valence-electron chi connectivity index (χ2n) is 2.71. The second-order valence-corrected chi connectivity index (χ2v) is 3.84. The summed E-state index contributed by atoms with van der Waals surface area (Å²) in [7, 11) is 0. The maximum Gasteiger partial charge on any atom is 0.342 e. The summed E-state index contributed by atoms with van der Waals surface area (Å²) in [5.74, 6) is -0.783. The van der Waals surface area contributed by atoms with Crippen molar-refractivity contribution in [3.63, 3.8) is 0 Å². The number of rotatable bonds is 3. The highest BCUT2D eigenvalue weighted by Crippen LogP contribution is 2.32. The number of aromatic nitrogens is 1. The molecule has 0 radical (unpaired) electrons. The molecule has 1 heterocycles. The fourth-order valence-electron chi connectivity index (χ4n) is 1.01. The van der Waals surface area contributed by atoms with E-state index in [1.165, 1.54) is 0 Å². The lowest BCUT2D eigenvalue weighted by Crippen LogP contribution is -2.09. The van der Waals surface area contributed by atoms with Gasteiger partial charge in [0.15, 0.2) is 0 Å². The molecule has 16 heavy (non-hydrogen) atoms. The first-order chi connectivity index (χ1) is 7.49. The molecule has 0 amide bonds. The van der Waals surface area contributed by atoms with Crippen LogP contribution in [0.5, 0.6) is 0 Å². The van der Waals surface area contributed by atoms with Crippen molar-refractivity contribution in [1.29, 1.82) is 0 Å². The minimum Gasteiger partial charge on any atom is -0.462 e. The van der Waals surface area contributed by atoms with Crippen LogP contribution in [0.1, 0.15) is 29.3 Å². The van der Waals surface area contributed by atoms with Crippen molar-refractivity contribution >= 4 is 33.5 Å². The average molecular weight is 315 g/mol. The lowest BCUT2D eigenvalue weighted by atomic mass is 10.2. The largest absolute Gasteiger partial charge is 0.462 e. The second kappa shape index (κ2) is 5.54. The van der Waals surface area contributed by atoms with E-state index in [1.54, 1.807) is 6.92 Å². The number of nitrogens with zero attached hydrogens (tertiary/aromatic N) is 1. The Morgan fingerprint density at radius 3 is 2.81 bits per heavy atom. The minimum absolute atomic E-state index is 0.0837. The number of esters is 1. The van der Waals surface area contributed by atoms with Crippen LogP contribution in [0.25, 0.3) is 0 Å². The number of hydrogen-bond donors (Lipinski definition) is 0. The first kappa shape index (κ1) is 13.3. The molecule has 1 aromatic heterocycles. The summed E-state index contributed by atoms with van der Waals surface area (Å²) in [5.41, 5.74) is -0.672. The number of halogens is 4. The molecule has 0 bridgehead atoms. The number of pyridine rings is 1. The van der Waals surface area contributed by atoms with Crippen LogP contribution < -0.4 is 0 Å². The van der Waals surface area contributed by atoms with Gasteiger partial charge in [-0.2, -0.15) is 0 Å². The molecule has 0 aliphatic carbocycles. The van der Waals surface area contributed by atoms with Gasteiger partial charge < -0.3 is 4.74 Å². The topological polar surface area (TPSA) is 39.2 Å². The molecule has 0 aliphatic rings. The highest BCUT2D eigenvalue weighted by atomic mass is 79.9. The van der Waals surface area contributed by atoms with E-state index in [1.807, 2.05) is 0 Å². The molecule has 1 aromatic rings. The summed E-state index contributed by atoms with van der Waals surface area (Å²) in [4.78, 5) is 15.1. The van der Waals surface area contributed by atoms with Gasteiger partial charge in [0.2, 0.25) is 0 Å². The summed E-state index contributed by atoms with van der Waals surface area (Å²) in [5, 5.41) is -0.338. The molecular formula is C9H7BrClF2NO2. The molecule has 0 aliphatic heterocycles. The molecule has 0 saturated heterocycles. The summed E-state index contributed by atoms with van der Waals surface area (Å²) in [6.07, 6.45) is -1.87.